The lowest BCUT2D eigenvalue weighted by molar-refractivity contribution is -0.121. The molecular weight excluding hydrogens is 383 g/mol. The molecule has 9 heteroatoms. The lowest BCUT2D eigenvalue weighted by Crippen LogP contribution is -2.24. The number of carbonyl (C=O) groups is 1. The fourth-order valence-electron chi connectivity index (χ4n) is 2.76. The van der Waals surface area contributed by atoms with E-state index in [-0.39, 0.29) is 18.3 Å². The van der Waals surface area contributed by atoms with E-state index < -0.39 is 0 Å². The molecule has 1 aromatic carbocycles. The van der Waals surface area contributed by atoms with Crippen molar-refractivity contribution in [2.24, 2.45) is 5.10 Å². The Bertz CT molecular complexity index is 1020. The Morgan fingerprint density at radius 3 is 2.57 bits per heavy atom. The van der Waals surface area contributed by atoms with Gasteiger partial charge in [-0.05, 0) is 44.5 Å². The van der Waals surface area contributed by atoms with E-state index in [0.717, 1.165) is 17.0 Å². The highest BCUT2D eigenvalue weighted by molar-refractivity contribution is 6.32. The van der Waals surface area contributed by atoms with Crippen molar-refractivity contribution in [3.05, 3.63) is 69.5 Å². The number of hydrogen-bond acceptors (Lipinski definition) is 4. The number of carbonyl (C=O) groups excluding carboxylic acids is 1. The van der Waals surface area contributed by atoms with Gasteiger partial charge in [0.25, 0.3) is 5.91 Å². The first kappa shape index (κ1) is 19.8. The van der Waals surface area contributed by atoms with Crippen molar-refractivity contribution in [1.82, 2.24) is 25.0 Å². The topological polar surface area (TPSA) is 77.1 Å². The van der Waals surface area contributed by atoms with Gasteiger partial charge in [0.05, 0.1) is 29.7 Å². The summed E-state index contributed by atoms with van der Waals surface area (Å²) in [7, 11) is 0. The van der Waals surface area contributed by atoms with Crippen LogP contribution >= 0.6 is 11.6 Å². The molecule has 0 atom stereocenters. The molecule has 3 aromatic rings. The number of hydrazone groups is 1. The molecule has 0 spiro atoms. The first-order valence-electron chi connectivity index (χ1n) is 8.64. The van der Waals surface area contributed by atoms with Crippen molar-refractivity contribution in [3.63, 3.8) is 0 Å². The van der Waals surface area contributed by atoms with Gasteiger partial charge >= 0.3 is 0 Å². The number of aromatic nitrogens is 4. The summed E-state index contributed by atoms with van der Waals surface area (Å²) in [5.74, 6) is -0.592. The number of benzene rings is 1. The Balaban J connectivity index is 1.65. The number of rotatable bonds is 6. The van der Waals surface area contributed by atoms with E-state index in [2.05, 4.69) is 20.7 Å². The van der Waals surface area contributed by atoms with Crippen molar-refractivity contribution in [3.8, 4) is 0 Å². The van der Waals surface area contributed by atoms with Crippen LogP contribution in [0.4, 0.5) is 4.39 Å². The molecule has 28 heavy (non-hydrogen) atoms. The summed E-state index contributed by atoms with van der Waals surface area (Å²) in [6.45, 7) is 6.03. The predicted octanol–water partition coefficient (Wildman–Crippen LogP) is 3.00. The zero-order chi connectivity index (χ0) is 20.3. The number of aryl methyl sites for hydroxylation is 3. The van der Waals surface area contributed by atoms with Gasteiger partial charge < -0.3 is 0 Å². The van der Waals surface area contributed by atoms with Gasteiger partial charge in [-0.1, -0.05) is 23.7 Å². The molecule has 1 amide bonds. The summed E-state index contributed by atoms with van der Waals surface area (Å²) < 4.78 is 16.2. The van der Waals surface area contributed by atoms with Gasteiger partial charge in [0.15, 0.2) is 0 Å². The minimum Gasteiger partial charge on any atom is -0.271 e. The first-order valence-corrected chi connectivity index (χ1v) is 9.01. The third-order valence-corrected chi connectivity index (χ3v) is 4.53. The molecule has 0 bridgehead atoms. The summed E-state index contributed by atoms with van der Waals surface area (Å²) in [6, 6.07) is 8.03. The zero-order valence-corrected chi connectivity index (χ0v) is 16.5. The molecule has 0 saturated heterocycles. The largest absolute Gasteiger partial charge is 0.271 e. The molecule has 146 valence electrons. The summed E-state index contributed by atoms with van der Waals surface area (Å²) in [4.78, 5) is 12.0. The molecule has 0 aliphatic carbocycles. The molecule has 0 aliphatic heterocycles. The summed E-state index contributed by atoms with van der Waals surface area (Å²) in [5.41, 5.74) is 6.37. The Morgan fingerprint density at radius 2 is 1.93 bits per heavy atom. The minimum atomic E-state index is -0.296. The lowest BCUT2D eigenvalue weighted by Gasteiger charge is -2.04. The maximum absolute atomic E-state index is 13.0. The summed E-state index contributed by atoms with van der Waals surface area (Å²) >= 11 is 6.39. The summed E-state index contributed by atoms with van der Waals surface area (Å²) in [5, 5.41) is 13.0. The quantitative estimate of drug-likeness (QED) is 0.508. The summed E-state index contributed by atoms with van der Waals surface area (Å²) in [6.07, 6.45) is 1.46. The maximum atomic E-state index is 13.0. The van der Waals surface area contributed by atoms with E-state index >= 15 is 0 Å². The molecule has 0 aliphatic rings. The smallest absolute Gasteiger partial charge is 0.261 e. The second-order valence-electron chi connectivity index (χ2n) is 6.45. The Hall–Kier alpha value is -3.00. The lowest BCUT2D eigenvalue weighted by atomic mass is 10.2. The van der Waals surface area contributed by atoms with Crippen LogP contribution in [0.3, 0.4) is 0 Å². The van der Waals surface area contributed by atoms with E-state index in [1.54, 1.807) is 28.4 Å². The van der Waals surface area contributed by atoms with Crippen molar-refractivity contribution in [1.29, 1.82) is 0 Å². The third kappa shape index (κ3) is 4.64. The highest BCUT2D eigenvalue weighted by atomic mass is 35.5. The number of hydrogen-bond donors (Lipinski definition) is 1. The molecule has 2 heterocycles. The van der Waals surface area contributed by atoms with E-state index in [1.807, 2.05) is 19.9 Å². The van der Waals surface area contributed by atoms with Crippen LogP contribution < -0.4 is 5.43 Å². The number of nitrogens with zero attached hydrogens (tertiary/aromatic N) is 5. The first-order chi connectivity index (χ1) is 13.3. The average molecular weight is 403 g/mol. The van der Waals surface area contributed by atoms with E-state index in [0.29, 0.717) is 23.0 Å². The normalized spacial score (nSPS) is 11.3. The molecular formula is C19H20ClFN6O. The fraction of sp³-hybridized carbons (Fsp3) is 0.263. The van der Waals surface area contributed by atoms with Gasteiger partial charge in [0, 0.05) is 5.69 Å². The van der Waals surface area contributed by atoms with Crippen LogP contribution in [0.25, 0.3) is 0 Å². The molecule has 0 saturated carbocycles. The van der Waals surface area contributed by atoms with E-state index in [9.17, 15) is 9.18 Å². The van der Waals surface area contributed by atoms with E-state index in [4.69, 9.17) is 11.6 Å². The SMILES string of the molecule is Cc1cc(C)n(CC(=O)NN=Cc2c(C)nn(Cc3ccc(F)cc3)c2Cl)n1. The maximum Gasteiger partial charge on any atom is 0.261 e. The van der Waals surface area contributed by atoms with Crippen LogP contribution in [0.5, 0.6) is 0 Å². The van der Waals surface area contributed by atoms with E-state index in [1.165, 1.54) is 18.3 Å². The van der Waals surface area contributed by atoms with Crippen molar-refractivity contribution < 1.29 is 9.18 Å². The van der Waals surface area contributed by atoms with Gasteiger partial charge in [-0.25, -0.2) is 14.5 Å². The average Bonchev–Trinajstić information content (AvgIpc) is 3.09. The highest BCUT2D eigenvalue weighted by Gasteiger charge is 2.12. The zero-order valence-electron chi connectivity index (χ0n) is 15.8. The van der Waals surface area contributed by atoms with Crippen LogP contribution in [0.2, 0.25) is 5.15 Å². The Labute approximate surface area is 166 Å². The molecule has 2 aromatic heterocycles. The van der Waals surface area contributed by atoms with Gasteiger partial charge in [0.2, 0.25) is 0 Å². The fourth-order valence-corrected chi connectivity index (χ4v) is 3.04. The minimum absolute atomic E-state index is 0.0769. The molecule has 0 fully saturated rings. The molecule has 0 unspecified atom stereocenters. The molecule has 7 nitrogen and oxygen atoms in total. The highest BCUT2D eigenvalue weighted by Crippen LogP contribution is 2.19. The van der Waals surface area contributed by atoms with Crippen LogP contribution in [0.1, 0.15) is 28.2 Å². The predicted molar refractivity (Wildman–Crippen MR) is 105 cm³/mol. The Kier molecular flexibility index (Phi) is 5.89. The monoisotopic (exact) mass is 402 g/mol. The van der Waals surface area contributed by atoms with Crippen LogP contribution in [0, 0.1) is 26.6 Å². The van der Waals surface area contributed by atoms with Crippen molar-refractivity contribution in [2.45, 2.75) is 33.9 Å². The third-order valence-electron chi connectivity index (χ3n) is 4.13. The van der Waals surface area contributed by atoms with Gasteiger partial charge in [0.1, 0.15) is 17.5 Å². The second-order valence-corrected chi connectivity index (χ2v) is 6.81. The van der Waals surface area contributed by atoms with Crippen LogP contribution in [-0.2, 0) is 17.9 Å². The van der Waals surface area contributed by atoms with Gasteiger partial charge in [-0.2, -0.15) is 15.3 Å². The van der Waals surface area contributed by atoms with Gasteiger partial charge in [-0.3, -0.25) is 9.48 Å². The van der Waals surface area contributed by atoms with Crippen molar-refractivity contribution in [2.75, 3.05) is 0 Å². The second kappa shape index (κ2) is 8.35. The van der Waals surface area contributed by atoms with Gasteiger partial charge in [-0.15, -0.1) is 0 Å². The molecule has 3 rings (SSSR count). The number of halogens is 2. The number of nitrogens with one attached hydrogen (secondary N) is 1. The number of amides is 1. The van der Waals surface area contributed by atoms with Crippen LogP contribution in [0.15, 0.2) is 35.4 Å². The standard InChI is InChI=1S/C19H20ClFN6O/c1-12-8-13(2)26(24-12)11-18(28)23-22-9-17-14(3)25-27(19(17)20)10-15-4-6-16(21)7-5-15/h4-9H,10-11H2,1-3H3,(H,23,28). The van der Waals surface area contributed by atoms with Crippen molar-refractivity contribution >= 4 is 23.7 Å². The van der Waals surface area contributed by atoms with Crippen LogP contribution in [-0.4, -0.2) is 31.7 Å². The molecule has 1 N–H and O–H groups in total. The molecule has 0 radical (unpaired) electrons. The Morgan fingerprint density at radius 1 is 1.21 bits per heavy atom.